The summed E-state index contributed by atoms with van der Waals surface area (Å²) < 4.78 is 2.62. The first-order valence-electron chi connectivity index (χ1n) is 20.1. The Morgan fingerprint density at radius 2 is 0.793 bits per heavy atom. The first kappa shape index (κ1) is 33.1. The van der Waals surface area contributed by atoms with Gasteiger partial charge < -0.3 is 0 Å². The monoisotopic (exact) mass is 752 g/mol. The molecule has 0 radical (unpaired) electrons. The number of benzene rings is 10. The molecule has 1 aliphatic carbocycles. The van der Waals surface area contributed by atoms with Gasteiger partial charge in [0.25, 0.3) is 0 Å². The Hall–Kier alpha value is -7.06. The Balaban J connectivity index is 1.09. The van der Waals surface area contributed by atoms with Gasteiger partial charge in [0.15, 0.2) is 0 Å². The van der Waals surface area contributed by atoms with Gasteiger partial charge in [-0.1, -0.05) is 194 Å². The highest BCUT2D eigenvalue weighted by molar-refractivity contribution is 7.26. The number of fused-ring (bicyclic) bond motifs is 8. The highest BCUT2D eigenvalue weighted by Crippen LogP contribution is 2.56. The molecule has 11 aromatic rings. The molecule has 1 heteroatoms. The van der Waals surface area contributed by atoms with Crippen molar-refractivity contribution < 1.29 is 0 Å². The van der Waals surface area contributed by atoms with E-state index >= 15 is 0 Å². The van der Waals surface area contributed by atoms with E-state index in [-0.39, 0.29) is 0 Å². The van der Waals surface area contributed by atoms with Gasteiger partial charge in [-0.05, 0) is 107 Å². The van der Waals surface area contributed by atoms with E-state index in [1.165, 1.54) is 108 Å². The van der Waals surface area contributed by atoms with Crippen molar-refractivity contribution in [1.82, 2.24) is 0 Å². The molecule has 0 atom stereocenters. The van der Waals surface area contributed by atoms with Crippen LogP contribution in [0.3, 0.4) is 0 Å². The molecule has 0 amide bonds. The molecule has 0 spiro atoms. The predicted molar refractivity (Wildman–Crippen MR) is 248 cm³/mol. The first-order valence-corrected chi connectivity index (χ1v) is 20.9. The van der Waals surface area contributed by atoms with Gasteiger partial charge in [0.1, 0.15) is 0 Å². The fourth-order valence-corrected chi connectivity index (χ4v) is 11.2. The Labute approximate surface area is 342 Å². The van der Waals surface area contributed by atoms with Crippen LogP contribution in [-0.4, -0.2) is 0 Å². The van der Waals surface area contributed by atoms with E-state index < -0.39 is 5.41 Å². The van der Waals surface area contributed by atoms with Crippen molar-refractivity contribution in [2.45, 2.75) is 5.41 Å². The van der Waals surface area contributed by atoms with E-state index in [0.717, 1.165) is 0 Å². The summed E-state index contributed by atoms with van der Waals surface area (Å²) in [5.41, 5.74) is 14.9. The van der Waals surface area contributed by atoms with Gasteiger partial charge in [-0.2, -0.15) is 0 Å². The van der Waals surface area contributed by atoms with Crippen LogP contribution < -0.4 is 0 Å². The largest absolute Gasteiger partial charge is 0.135 e. The Morgan fingerprint density at radius 3 is 1.47 bits per heavy atom. The Kier molecular flexibility index (Phi) is 7.42. The van der Waals surface area contributed by atoms with Crippen LogP contribution in [0, 0.1) is 0 Å². The number of thiophene rings is 1. The molecule has 0 unspecified atom stereocenters. The van der Waals surface area contributed by atoms with E-state index in [1.54, 1.807) is 0 Å². The summed E-state index contributed by atoms with van der Waals surface area (Å²) in [5, 5.41) is 7.66. The Bertz CT molecular complexity index is 3330. The smallest absolute Gasteiger partial charge is 0.0713 e. The molecule has 1 heterocycles. The zero-order chi connectivity index (χ0) is 38.2. The molecule has 58 heavy (non-hydrogen) atoms. The van der Waals surface area contributed by atoms with Crippen LogP contribution >= 0.6 is 11.3 Å². The summed E-state index contributed by atoms with van der Waals surface area (Å²) in [6, 6.07) is 81.3. The lowest BCUT2D eigenvalue weighted by atomic mass is 9.67. The summed E-state index contributed by atoms with van der Waals surface area (Å²) in [6.45, 7) is 0. The van der Waals surface area contributed by atoms with Crippen molar-refractivity contribution in [2.75, 3.05) is 0 Å². The summed E-state index contributed by atoms with van der Waals surface area (Å²) in [5.74, 6) is 0. The van der Waals surface area contributed by atoms with Crippen LogP contribution in [0.25, 0.3) is 86.2 Å². The van der Waals surface area contributed by atoms with Gasteiger partial charge in [-0.15, -0.1) is 11.3 Å². The maximum absolute atomic E-state index is 2.44. The van der Waals surface area contributed by atoms with Gasteiger partial charge in [0.2, 0.25) is 0 Å². The molecule has 1 aliphatic rings. The van der Waals surface area contributed by atoms with Crippen LogP contribution in [0.5, 0.6) is 0 Å². The van der Waals surface area contributed by atoms with Crippen LogP contribution in [0.15, 0.2) is 218 Å². The van der Waals surface area contributed by atoms with Crippen LogP contribution in [0.2, 0.25) is 0 Å². The molecular weight excluding hydrogens is 717 g/mol. The second-order valence-electron chi connectivity index (χ2n) is 15.6. The lowest BCUT2D eigenvalue weighted by Crippen LogP contribution is -2.28. The lowest BCUT2D eigenvalue weighted by Gasteiger charge is -2.34. The normalized spacial score (nSPS) is 13.0. The van der Waals surface area contributed by atoms with Crippen molar-refractivity contribution >= 4 is 53.1 Å². The maximum Gasteiger partial charge on any atom is 0.0713 e. The number of hydrogen-bond donors (Lipinski definition) is 0. The third kappa shape index (κ3) is 4.87. The second-order valence-corrected chi connectivity index (χ2v) is 16.6. The van der Waals surface area contributed by atoms with Crippen LogP contribution in [-0.2, 0) is 5.41 Å². The Morgan fingerprint density at radius 1 is 0.293 bits per heavy atom. The van der Waals surface area contributed by atoms with Crippen LogP contribution in [0.4, 0.5) is 0 Å². The topological polar surface area (TPSA) is 0 Å². The van der Waals surface area contributed by atoms with Gasteiger partial charge in [0, 0.05) is 25.7 Å². The average Bonchev–Trinajstić information content (AvgIpc) is 3.82. The summed E-state index contributed by atoms with van der Waals surface area (Å²) >= 11 is 1.91. The predicted octanol–water partition coefficient (Wildman–Crippen LogP) is 15.7. The summed E-state index contributed by atoms with van der Waals surface area (Å²) in [4.78, 5) is 0. The minimum Gasteiger partial charge on any atom is -0.135 e. The molecule has 12 rings (SSSR count). The molecule has 270 valence electrons. The molecular formula is C57H36S. The molecule has 0 nitrogen and oxygen atoms in total. The molecule has 0 aliphatic heterocycles. The standard InChI is InChI=1S/C57H36S/c1-2-18-42(19-3-1)57(53-26-10-8-22-48(53)49-23-9-11-27-54(49)57)43-31-28-39(29-32-43)50-35-41(47-25-13-17-38-15-5-7-21-45(38)47)36-52-51-34-40(30-33-55(51)58-56(50)52)46-24-12-16-37-14-4-6-20-44(37)46/h1-36H. The van der Waals surface area contributed by atoms with E-state index in [1.807, 2.05) is 11.3 Å². The quantitative estimate of drug-likeness (QED) is 0.164. The minimum absolute atomic E-state index is 0.428. The molecule has 0 bridgehead atoms. The minimum atomic E-state index is -0.428. The van der Waals surface area contributed by atoms with Crippen molar-refractivity contribution in [1.29, 1.82) is 0 Å². The summed E-state index contributed by atoms with van der Waals surface area (Å²) in [6.07, 6.45) is 0. The van der Waals surface area contributed by atoms with Gasteiger partial charge >= 0.3 is 0 Å². The van der Waals surface area contributed by atoms with Crippen molar-refractivity contribution in [2.24, 2.45) is 0 Å². The maximum atomic E-state index is 2.44. The molecule has 10 aromatic carbocycles. The highest BCUT2D eigenvalue weighted by atomic mass is 32.1. The second kappa shape index (κ2) is 13.0. The zero-order valence-corrected chi connectivity index (χ0v) is 32.5. The van der Waals surface area contributed by atoms with E-state index in [9.17, 15) is 0 Å². The van der Waals surface area contributed by atoms with Gasteiger partial charge in [-0.25, -0.2) is 0 Å². The molecule has 0 saturated heterocycles. The third-order valence-electron chi connectivity index (χ3n) is 12.6. The van der Waals surface area contributed by atoms with Crippen molar-refractivity contribution in [3.8, 4) is 44.5 Å². The van der Waals surface area contributed by atoms with E-state index in [4.69, 9.17) is 0 Å². The fraction of sp³-hybridized carbons (Fsp3) is 0.0175. The van der Waals surface area contributed by atoms with Gasteiger partial charge in [-0.3, -0.25) is 0 Å². The third-order valence-corrected chi connectivity index (χ3v) is 13.8. The first-order chi connectivity index (χ1) is 28.8. The van der Waals surface area contributed by atoms with Crippen molar-refractivity contribution in [3.63, 3.8) is 0 Å². The number of hydrogen-bond acceptors (Lipinski definition) is 1. The lowest BCUT2D eigenvalue weighted by molar-refractivity contribution is 0.768. The molecule has 0 saturated carbocycles. The molecule has 0 fully saturated rings. The highest BCUT2D eigenvalue weighted by Gasteiger charge is 2.45. The summed E-state index contributed by atoms with van der Waals surface area (Å²) in [7, 11) is 0. The molecule has 1 aromatic heterocycles. The van der Waals surface area contributed by atoms with Crippen LogP contribution in [0.1, 0.15) is 22.3 Å². The van der Waals surface area contributed by atoms with Gasteiger partial charge in [0.05, 0.1) is 5.41 Å². The fourth-order valence-electron chi connectivity index (χ4n) is 9.98. The average molecular weight is 753 g/mol. The van der Waals surface area contributed by atoms with Crippen molar-refractivity contribution in [3.05, 3.63) is 241 Å². The zero-order valence-electron chi connectivity index (χ0n) is 31.7. The molecule has 0 N–H and O–H groups in total. The van der Waals surface area contributed by atoms with E-state index in [0.29, 0.717) is 0 Å². The van der Waals surface area contributed by atoms with E-state index in [2.05, 4.69) is 218 Å². The number of rotatable bonds is 5. The SMILES string of the molecule is c1ccc(C2(c3ccc(-c4cc(-c5cccc6ccccc56)cc5c4sc4ccc(-c6cccc7ccccc67)cc45)cc3)c3ccccc3-c3ccccc32)cc1.